The molecule has 0 aliphatic rings. The van der Waals surface area contributed by atoms with E-state index in [0.717, 1.165) is 12.2 Å². The van der Waals surface area contributed by atoms with Gasteiger partial charge in [0.05, 0.1) is 0 Å². The normalized spacial score (nSPS) is 11.7. The fraction of sp³-hybridized carbons (Fsp3) is 0.250. The fourth-order valence-electron chi connectivity index (χ4n) is 0.499. The predicted octanol–water partition coefficient (Wildman–Crippen LogP) is 1.88. The highest BCUT2D eigenvalue weighted by Gasteiger charge is 2.28. The summed E-state index contributed by atoms with van der Waals surface area (Å²) in [5.41, 5.74) is 0. The third-order valence-electron chi connectivity index (χ3n) is 0.935. The van der Waals surface area contributed by atoms with Crippen LogP contribution in [-0.4, -0.2) is 11.9 Å². The molecule has 0 aromatic rings. The van der Waals surface area contributed by atoms with E-state index in [9.17, 15) is 14.2 Å². The quantitative estimate of drug-likeness (QED) is 0.531. The van der Waals surface area contributed by atoms with Gasteiger partial charge in [-0.15, -0.1) is 0 Å². The van der Waals surface area contributed by atoms with E-state index < -0.39 is 20.2 Å². The number of hydrogen-bond acceptors (Lipinski definition) is 5. The maximum absolute atomic E-state index is 10.8. The molecule has 0 rings (SSSR count). The van der Waals surface area contributed by atoms with Crippen LogP contribution in [-0.2, 0) is 23.2 Å². The van der Waals surface area contributed by atoms with Gasteiger partial charge in [-0.25, -0.2) is 9.59 Å². The van der Waals surface area contributed by atoms with E-state index in [1.165, 1.54) is 12.2 Å². The smallest absolute Gasteiger partial charge is 0.241 e. The molecule has 0 fully saturated rings. The standard InChI is InChI=1S/C8H10O5P/c1-3-5-7(9)12-14(11)13-8(10)6-4-2/h3-6H,1-2H3/q+1. The minimum absolute atomic E-state index is 0.818. The molecular formula is C8H10O5P+. The van der Waals surface area contributed by atoms with Crippen LogP contribution in [0.15, 0.2) is 24.3 Å². The van der Waals surface area contributed by atoms with Gasteiger partial charge in [0.2, 0.25) is 0 Å². The van der Waals surface area contributed by atoms with Gasteiger partial charge in [0.15, 0.2) is 0 Å². The molecule has 0 N–H and O–H groups in total. The summed E-state index contributed by atoms with van der Waals surface area (Å²) < 4.78 is 19.2. The molecule has 6 heteroatoms. The molecule has 0 saturated carbocycles. The van der Waals surface area contributed by atoms with Gasteiger partial charge in [0.25, 0.3) is 0 Å². The van der Waals surface area contributed by atoms with E-state index >= 15 is 0 Å². The molecule has 76 valence electrons. The number of allylic oxidation sites excluding steroid dienone is 2. The lowest BCUT2D eigenvalue weighted by molar-refractivity contribution is -0.132. The van der Waals surface area contributed by atoms with Gasteiger partial charge in [0.1, 0.15) is 0 Å². The average Bonchev–Trinajstić information content (AvgIpc) is 2.03. The number of carbonyl (C=O) groups is 2. The molecule has 0 saturated heterocycles. The van der Waals surface area contributed by atoms with Gasteiger partial charge < -0.3 is 0 Å². The highest BCUT2D eigenvalue weighted by molar-refractivity contribution is 7.34. The lowest BCUT2D eigenvalue weighted by Crippen LogP contribution is -1.98. The summed E-state index contributed by atoms with van der Waals surface area (Å²) in [6.45, 7) is 3.19. The molecule has 0 spiro atoms. The van der Waals surface area contributed by atoms with Crippen LogP contribution < -0.4 is 0 Å². The molecule has 0 aromatic carbocycles. The molecule has 0 bridgehead atoms. The Kier molecular flexibility index (Phi) is 6.24. The van der Waals surface area contributed by atoms with Gasteiger partial charge in [0, 0.05) is 16.7 Å². The summed E-state index contributed by atoms with van der Waals surface area (Å²) in [6.07, 6.45) is 4.96. The summed E-state index contributed by atoms with van der Waals surface area (Å²) in [5.74, 6) is -1.64. The predicted molar refractivity (Wildman–Crippen MR) is 49.4 cm³/mol. The Bertz CT molecular complexity index is 264. The van der Waals surface area contributed by atoms with Gasteiger partial charge in [-0.2, -0.15) is 9.05 Å². The maximum atomic E-state index is 10.8. The van der Waals surface area contributed by atoms with Crippen LogP contribution in [0.5, 0.6) is 0 Å². The van der Waals surface area contributed by atoms with E-state index in [-0.39, 0.29) is 0 Å². The minimum Gasteiger partial charge on any atom is -0.241 e. The van der Waals surface area contributed by atoms with Crippen molar-refractivity contribution < 1.29 is 23.2 Å². The summed E-state index contributed by atoms with van der Waals surface area (Å²) >= 11 is 0. The Morgan fingerprint density at radius 2 is 1.36 bits per heavy atom. The van der Waals surface area contributed by atoms with Crippen molar-refractivity contribution in [2.45, 2.75) is 13.8 Å². The maximum Gasteiger partial charge on any atom is 0.812 e. The van der Waals surface area contributed by atoms with Crippen molar-refractivity contribution in [3.05, 3.63) is 24.3 Å². The molecule has 0 unspecified atom stereocenters. The van der Waals surface area contributed by atoms with Crippen LogP contribution in [0.4, 0.5) is 0 Å². The highest BCUT2D eigenvalue weighted by atomic mass is 31.1. The fourth-order valence-corrected chi connectivity index (χ4v) is 0.951. The third kappa shape index (κ3) is 6.08. The molecule has 0 radical (unpaired) electrons. The van der Waals surface area contributed by atoms with Gasteiger partial charge in [-0.3, -0.25) is 0 Å². The van der Waals surface area contributed by atoms with E-state index in [0.29, 0.717) is 0 Å². The van der Waals surface area contributed by atoms with E-state index in [4.69, 9.17) is 0 Å². The first-order valence-corrected chi connectivity index (χ1v) is 4.86. The van der Waals surface area contributed by atoms with Gasteiger partial charge >= 0.3 is 20.2 Å². The van der Waals surface area contributed by atoms with Crippen molar-refractivity contribution in [3.63, 3.8) is 0 Å². The number of carbonyl (C=O) groups excluding carboxylic acids is 2. The van der Waals surface area contributed by atoms with E-state index in [1.54, 1.807) is 13.8 Å². The largest absolute Gasteiger partial charge is 0.812 e. The Morgan fingerprint density at radius 1 is 1.00 bits per heavy atom. The van der Waals surface area contributed by atoms with Crippen LogP contribution in [0.1, 0.15) is 13.8 Å². The molecule has 0 heterocycles. The summed E-state index contributed by atoms with van der Waals surface area (Å²) in [5, 5.41) is 0. The average molecular weight is 217 g/mol. The summed E-state index contributed by atoms with van der Waals surface area (Å²) in [7, 11) is -2.73. The molecule has 14 heavy (non-hydrogen) atoms. The third-order valence-corrected chi connectivity index (χ3v) is 1.59. The molecule has 0 aliphatic heterocycles. The van der Waals surface area contributed by atoms with Crippen molar-refractivity contribution in [1.29, 1.82) is 0 Å². The Labute approximate surface area is 82.3 Å². The van der Waals surface area contributed by atoms with Crippen LogP contribution >= 0.6 is 8.25 Å². The summed E-state index contributed by atoms with van der Waals surface area (Å²) in [4.78, 5) is 21.4. The topological polar surface area (TPSA) is 69.7 Å². The van der Waals surface area contributed by atoms with Crippen molar-refractivity contribution in [2.75, 3.05) is 0 Å². The molecule has 0 amide bonds. The Morgan fingerprint density at radius 3 is 1.64 bits per heavy atom. The molecule has 0 aromatic heterocycles. The second-order valence-corrected chi connectivity index (χ2v) is 2.86. The zero-order valence-electron chi connectivity index (χ0n) is 7.80. The first-order valence-electron chi connectivity index (χ1n) is 3.76. The van der Waals surface area contributed by atoms with Gasteiger partial charge in [-0.1, -0.05) is 12.2 Å². The van der Waals surface area contributed by atoms with E-state index in [1.807, 2.05) is 0 Å². The monoisotopic (exact) mass is 217 g/mol. The van der Waals surface area contributed by atoms with Crippen molar-refractivity contribution in [2.24, 2.45) is 0 Å². The lowest BCUT2D eigenvalue weighted by atomic mass is 10.5. The Hall–Kier alpha value is -1.48. The van der Waals surface area contributed by atoms with Crippen LogP contribution in [0.3, 0.4) is 0 Å². The first-order chi connectivity index (χ1) is 6.60. The van der Waals surface area contributed by atoms with Crippen LogP contribution in [0, 0.1) is 0 Å². The zero-order chi connectivity index (χ0) is 11.0. The summed E-state index contributed by atoms with van der Waals surface area (Å²) in [6, 6.07) is 0. The number of hydrogen-bond donors (Lipinski definition) is 0. The van der Waals surface area contributed by atoms with Crippen LogP contribution in [0.25, 0.3) is 0 Å². The Balaban J connectivity index is 3.99. The molecule has 0 aliphatic carbocycles. The molecule has 0 atom stereocenters. The number of rotatable bonds is 4. The van der Waals surface area contributed by atoms with E-state index in [2.05, 4.69) is 9.05 Å². The minimum atomic E-state index is -2.73. The second-order valence-electron chi connectivity index (χ2n) is 2.04. The SMILES string of the molecule is CC=CC(=O)O[P+](=O)OC(=O)C=CC. The highest BCUT2D eigenvalue weighted by Crippen LogP contribution is 2.24. The van der Waals surface area contributed by atoms with Crippen molar-refractivity contribution in [3.8, 4) is 0 Å². The van der Waals surface area contributed by atoms with Gasteiger partial charge in [-0.05, 0) is 13.8 Å². The second kappa shape index (κ2) is 6.97. The lowest BCUT2D eigenvalue weighted by Gasteiger charge is -1.84. The van der Waals surface area contributed by atoms with Crippen LogP contribution in [0.2, 0.25) is 0 Å². The zero-order valence-corrected chi connectivity index (χ0v) is 8.69. The molecular weight excluding hydrogens is 207 g/mol. The van der Waals surface area contributed by atoms with Crippen molar-refractivity contribution >= 4 is 20.2 Å². The van der Waals surface area contributed by atoms with Crippen molar-refractivity contribution in [1.82, 2.24) is 0 Å². The molecule has 5 nitrogen and oxygen atoms in total. The first kappa shape index (κ1) is 12.5.